The van der Waals surface area contributed by atoms with Gasteiger partial charge in [-0.3, -0.25) is 0 Å². The van der Waals surface area contributed by atoms with Crippen LogP contribution >= 0.6 is 15.9 Å². The van der Waals surface area contributed by atoms with Gasteiger partial charge in [0.2, 0.25) is 0 Å². The Labute approximate surface area is 121 Å². The number of halogens is 1. The Hall–Kier alpha value is -1.92. The minimum Gasteiger partial charge on any atom is -0.497 e. The van der Waals surface area contributed by atoms with Crippen molar-refractivity contribution in [2.24, 2.45) is 0 Å². The van der Waals surface area contributed by atoms with Crippen molar-refractivity contribution in [3.8, 4) is 23.3 Å². The highest BCUT2D eigenvalue weighted by Crippen LogP contribution is 2.22. The van der Waals surface area contributed by atoms with Gasteiger partial charge in [-0.05, 0) is 40.2 Å². The van der Waals surface area contributed by atoms with Gasteiger partial charge in [-0.15, -0.1) is 0 Å². The van der Waals surface area contributed by atoms with Crippen molar-refractivity contribution in [1.29, 1.82) is 0 Å². The van der Waals surface area contributed by atoms with Gasteiger partial charge in [0, 0.05) is 21.7 Å². The van der Waals surface area contributed by atoms with E-state index in [9.17, 15) is 0 Å². The lowest BCUT2D eigenvalue weighted by Crippen LogP contribution is -1.88. The van der Waals surface area contributed by atoms with E-state index in [1.165, 1.54) is 0 Å². The summed E-state index contributed by atoms with van der Waals surface area (Å²) in [6.45, 7) is 0. The fourth-order valence-electron chi connectivity index (χ4n) is 1.58. The molecule has 0 aliphatic carbocycles. The van der Waals surface area contributed by atoms with Gasteiger partial charge in [-0.1, -0.05) is 24.0 Å². The minimum atomic E-state index is 0.732. The summed E-state index contributed by atoms with van der Waals surface area (Å²) >= 11 is 3.47. The van der Waals surface area contributed by atoms with E-state index in [4.69, 9.17) is 9.47 Å². The molecule has 0 bridgehead atoms. The summed E-state index contributed by atoms with van der Waals surface area (Å²) in [7, 11) is 3.25. The summed E-state index contributed by atoms with van der Waals surface area (Å²) < 4.78 is 11.4. The third kappa shape index (κ3) is 3.52. The summed E-state index contributed by atoms with van der Waals surface area (Å²) in [6.07, 6.45) is 0. The van der Waals surface area contributed by atoms with Crippen molar-refractivity contribution in [2.75, 3.05) is 14.2 Å². The Balaban J connectivity index is 2.36. The van der Waals surface area contributed by atoms with Crippen LogP contribution in [-0.4, -0.2) is 14.2 Å². The predicted molar refractivity (Wildman–Crippen MR) is 79.7 cm³/mol. The first-order valence-corrected chi connectivity index (χ1v) is 6.52. The molecule has 0 heterocycles. The molecule has 0 aliphatic heterocycles. The van der Waals surface area contributed by atoms with Crippen LogP contribution in [0.2, 0.25) is 0 Å². The van der Waals surface area contributed by atoms with E-state index in [-0.39, 0.29) is 0 Å². The zero-order valence-electron chi connectivity index (χ0n) is 10.7. The maximum Gasteiger partial charge on any atom is 0.123 e. The monoisotopic (exact) mass is 316 g/mol. The molecule has 0 N–H and O–H groups in total. The van der Waals surface area contributed by atoms with Crippen molar-refractivity contribution in [3.05, 3.63) is 58.1 Å². The molecule has 0 atom stereocenters. The fourth-order valence-corrected chi connectivity index (χ4v) is 1.97. The van der Waals surface area contributed by atoms with Crippen LogP contribution in [0.5, 0.6) is 11.5 Å². The Morgan fingerprint density at radius 3 is 2.11 bits per heavy atom. The second kappa shape index (κ2) is 6.31. The summed E-state index contributed by atoms with van der Waals surface area (Å²) in [6, 6.07) is 13.4. The molecule has 0 amide bonds. The molecule has 0 saturated carbocycles. The topological polar surface area (TPSA) is 18.5 Å². The van der Waals surface area contributed by atoms with E-state index < -0.39 is 0 Å². The zero-order chi connectivity index (χ0) is 13.7. The van der Waals surface area contributed by atoms with Crippen LogP contribution in [-0.2, 0) is 0 Å². The van der Waals surface area contributed by atoms with E-state index in [1.54, 1.807) is 14.2 Å². The van der Waals surface area contributed by atoms with Gasteiger partial charge >= 0.3 is 0 Å². The molecule has 96 valence electrons. The molecule has 0 aliphatic rings. The summed E-state index contributed by atoms with van der Waals surface area (Å²) in [5.74, 6) is 7.70. The molecular weight excluding hydrogens is 304 g/mol. The molecule has 2 aromatic rings. The molecule has 0 radical (unpaired) electrons. The number of hydrogen-bond acceptors (Lipinski definition) is 2. The number of benzene rings is 2. The molecule has 0 spiro atoms. The highest BCUT2D eigenvalue weighted by molar-refractivity contribution is 9.10. The van der Waals surface area contributed by atoms with Crippen molar-refractivity contribution in [1.82, 2.24) is 0 Å². The van der Waals surface area contributed by atoms with Crippen LogP contribution in [0.15, 0.2) is 46.9 Å². The third-order valence-electron chi connectivity index (χ3n) is 2.57. The van der Waals surface area contributed by atoms with Crippen LogP contribution in [0.25, 0.3) is 0 Å². The minimum absolute atomic E-state index is 0.732. The normalized spacial score (nSPS) is 9.42. The lowest BCUT2D eigenvalue weighted by molar-refractivity contribution is 0.394. The van der Waals surface area contributed by atoms with E-state index in [0.717, 1.165) is 27.1 Å². The van der Waals surface area contributed by atoms with Crippen LogP contribution in [0, 0.1) is 11.8 Å². The van der Waals surface area contributed by atoms with Crippen LogP contribution < -0.4 is 9.47 Å². The molecular formula is C16H13BrO2. The van der Waals surface area contributed by atoms with Crippen LogP contribution in [0.4, 0.5) is 0 Å². The number of methoxy groups -OCH3 is 2. The average molecular weight is 317 g/mol. The Bertz CT molecular complexity index is 616. The number of ether oxygens (including phenoxy) is 2. The maximum atomic E-state index is 5.22. The van der Waals surface area contributed by atoms with Crippen molar-refractivity contribution >= 4 is 15.9 Å². The van der Waals surface area contributed by atoms with E-state index in [0.29, 0.717) is 0 Å². The Morgan fingerprint density at radius 1 is 0.895 bits per heavy atom. The summed E-state index contributed by atoms with van der Waals surface area (Å²) in [4.78, 5) is 0. The fraction of sp³-hybridized carbons (Fsp3) is 0.125. The third-order valence-corrected chi connectivity index (χ3v) is 3.26. The number of rotatable bonds is 2. The Kier molecular flexibility index (Phi) is 4.48. The van der Waals surface area contributed by atoms with Gasteiger partial charge in [-0.25, -0.2) is 0 Å². The maximum absolute atomic E-state index is 5.22. The molecule has 19 heavy (non-hydrogen) atoms. The largest absolute Gasteiger partial charge is 0.497 e. The van der Waals surface area contributed by atoms with Crippen molar-refractivity contribution in [3.63, 3.8) is 0 Å². The van der Waals surface area contributed by atoms with E-state index in [2.05, 4.69) is 27.8 Å². The van der Waals surface area contributed by atoms with Crippen LogP contribution in [0.3, 0.4) is 0 Å². The SMILES string of the molecule is COc1cc(C#Cc2ccccc2Br)cc(OC)c1. The zero-order valence-corrected chi connectivity index (χ0v) is 12.3. The lowest BCUT2D eigenvalue weighted by atomic mass is 10.1. The van der Waals surface area contributed by atoms with E-state index in [1.807, 2.05) is 42.5 Å². The highest BCUT2D eigenvalue weighted by atomic mass is 79.9. The van der Waals surface area contributed by atoms with Gasteiger partial charge in [0.1, 0.15) is 11.5 Å². The molecule has 0 unspecified atom stereocenters. The molecule has 2 rings (SSSR count). The molecule has 0 saturated heterocycles. The first kappa shape index (κ1) is 13.5. The standard InChI is InChI=1S/C16H13BrO2/c1-18-14-9-12(10-15(11-14)19-2)7-8-13-5-3-4-6-16(13)17/h3-6,9-11H,1-2H3. The van der Waals surface area contributed by atoms with Gasteiger partial charge in [-0.2, -0.15) is 0 Å². The first-order chi connectivity index (χ1) is 9.22. The second-order valence-corrected chi connectivity index (χ2v) is 4.69. The smallest absolute Gasteiger partial charge is 0.123 e. The second-order valence-electron chi connectivity index (χ2n) is 3.83. The molecule has 2 nitrogen and oxygen atoms in total. The van der Waals surface area contributed by atoms with Crippen molar-refractivity contribution in [2.45, 2.75) is 0 Å². The molecule has 0 aromatic heterocycles. The number of hydrogen-bond donors (Lipinski definition) is 0. The van der Waals surface area contributed by atoms with Gasteiger partial charge in [0.15, 0.2) is 0 Å². The molecule has 0 fully saturated rings. The highest BCUT2D eigenvalue weighted by Gasteiger charge is 1.99. The first-order valence-electron chi connectivity index (χ1n) is 5.72. The van der Waals surface area contributed by atoms with Gasteiger partial charge < -0.3 is 9.47 Å². The van der Waals surface area contributed by atoms with Gasteiger partial charge in [0.05, 0.1) is 14.2 Å². The summed E-state index contributed by atoms with van der Waals surface area (Å²) in [5, 5.41) is 0. The van der Waals surface area contributed by atoms with Crippen LogP contribution in [0.1, 0.15) is 11.1 Å². The average Bonchev–Trinajstić information content (AvgIpc) is 2.46. The quantitative estimate of drug-likeness (QED) is 0.783. The van der Waals surface area contributed by atoms with E-state index >= 15 is 0 Å². The van der Waals surface area contributed by atoms with Gasteiger partial charge in [0.25, 0.3) is 0 Å². The van der Waals surface area contributed by atoms with Crippen molar-refractivity contribution < 1.29 is 9.47 Å². The molecule has 2 aromatic carbocycles. The summed E-state index contributed by atoms with van der Waals surface area (Å²) in [5.41, 5.74) is 1.80. The molecule has 3 heteroatoms. The lowest BCUT2D eigenvalue weighted by Gasteiger charge is -2.04. The Morgan fingerprint density at radius 2 is 1.53 bits per heavy atom. The predicted octanol–water partition coefficient (Wildman–Crippen LogP) is 3.87.